The predicted octanol–water partition coefficient (Wildman–Crippen LogP) is 0.0671. The molecule has 0 saturated carbocycles. The van der Waals surface area contributed by atoms with E-state index in [0.717, 1.165) is 12.1 Å². The van der Waals surface area contributed by atoms with E-state index >= 15 is 0 Å². The number of methoxy groups -OCH3 is 2. The van der Waals surface area contributed by atoms with E-state index in [9.17, 15) is 35.4 Å². The first-order valence-electron chi connectivity index (χ1n) is 10.4. The second kappa shape index (κ2) is 9.60. The molecule has 6 N–H and O–H groups in total. The van der Waals surface area contributed by atoms with Crippen LogP contribution in [0.1, 0.15) is 0 Å². The van der Waals surface area contributed by atoms with E-state index in [0.29, 0.717) is 5.56 Å². The van der Waals surface area contributed by atoms with Gasteiger partial charge in [-0.1, -0.05) is 0 Å². The molecule has 2 heterocycles. The van der Waals surface area contributed by atoms with Crippen LogP contribution in [-0.4, -0.2) is 82.2 Å². The van der Waals surface area contributed by atoms with Crippen LogP contribution in [0.3, 0.4) is 0 Å². The van der Waals surface area contributed by atoms with Crippen molar-refractivity contribution >= 4 is 11.0 Å². The molecule has 0 radical (unpaired) electrons. The summed E-state index contributed by atoms with van der Waals surface area (Å²) in [5.41, 5.74) is -0.425. The first-order valence-corrected chi connectivity index (χ1v) is 10.4. The monoisotopic (exact) mass is 492 g/mol. The van der Waals surface area contributed by atoms with Crippen molar-refractivity contribution < 1.29 is 54.0 Å². The van der Waals surface area contributed by atoms with E-state index in [-0.39, 0.29) is 39.7 Å². The quantitative estimate of drug-likeness (QED) is 0.272. The van der Waals surface area contributed by atoms with Crippen LogP contribution in [0.25, 0.3) is 22.3 Å². The normalized spacial score (nSPS) is 24.3. The van der Waals surface area contributed by atoms with Gasteiger partial charge in [-0.3, -0.25) is 4.79 Å². The van der Waals surface area contributed by atoms with Crippen LogP contribution in [0.15, 0.2) is 39.5 Å². The number of benzene rings is 2. The molecule has 3 aromatic rings. The van der Waals surface area contributed by atoms with Gasteiger partial charge in [0.05, 0.1) is 20.8 Å². The van der Waals surface area contributed by atoms with Crippen LogP contribution in [0.5, 0.6) is 28.7 Å². The minimum Gasteiger partial charge on any atom is -0.507 e. The van der Waals surface area contributed by atoms with Crippen LogP contribution >= 0.6 is 0 Å². The van der Waals surface area contributed by atoms with Crippen molar-refractivity contribution in [1.29, 1.82) is 0 Å². The van der Waals surface area contributed by atoms with Crippen molar-refractivity contribution in [2.75, 3.05) is 20.8 Å². The van der Waals surface area contributed by atoms with Gasteiger partial charge in [0.25, 0.3) is 0 Å². The summed E-state index contributed by atoms with van der Waals surface area (Å²) in [5, 5.41) is 59.8. The number of hydrogen-bond donors (Lipinski definition) is 6. The molecule has 1 aliphatic heterocycles. The van der Waals surface area contributed by atoms with Gasteiger partial charge in [0, 0.05) is 17.7 Å². The zero-order chi connectivity index (χ0) is 25.4. The summed E-state index contributed by atoms with van der Waals surface area (Å²) in [6.07, 6.45) is -7.82. The molecule has 12 heteroatoms. The lowest BCUT2D eigenvalue weighted by molar-refractivity contribution is -0.277. The molecule has 0 unspecified atom stereocenters. The van der Waals surface area contributed by atoms with E-state index in [4.69, 9.17) is 23.4 Å². The Morgan fingerprint density at radius 1 is 0.914 bits per heavy atom. The molecule has 0 aliphatic carbocycles. The summed E-state index contributed by atoms with van der Waals surface area (Å²) in [7, 11) is 2.61. The molecule has 35 heavy (non-hydrogen) atoms. The number of rotatable bonds is 6. The van der Waals surface area contributed by atoms with Crippen molar-refractivity contribution in [3.05, 3.63) is 40.6 Å². The average molecular weight is 492 g/mol. The second-order valence-electron chi connectivity index (χ2n) is 7.81. The van der Waals surface area contributed by atoms with Gasteiger partial charge in [0.15, 0.2) is 28.3 Å². The van der Waals surface area contributed by atoms with Crippen LogP contribution in [0.4, 0.5) is 0 Å². The third-order valence-corrected chi connectivity index (χ3v) is 5.66. The maximum absolute atomic E-state index is 12.8. The fourth-order valence-corrected chi connectivity index (χ4v) is 3.81. The lowest BCUT2D eigenvalue weighted by atomic mass is 9.99. The highest BCUT2D eigenvalue weighted by Gasteiger charge is 2.45. The van der Waals surface area contributed by atoms with Crippen LogP contribution in [-0.2, 0) is 4.74 Å². The summed E-state index contributed by atoms with van der Waals surface area (Å²) in [5.74, 6) is -0.804. The maximum atomic E-state index is 12.8. The molecule has 188 valence electrons. The topological polar surface area (TPSA) is 189 Å². The third kappa shape index (κ3) is 4.33. The summed E-state index contributed by atoms with van der Waals surface area (Å²) in [6.45, 7) is -0.667. The number of aliphatic hydroxyl groups excluding tert-OH is 4. The molecule has 5 atom stereocenters. The van der Waals surface area contributed by atoms with Crippen molar-refractivity contribution in [3.8, 4) is 40.1 Å². The highest BCUT2D eigenvalue weighted by Crippen LogP contribution is 2.42. The van der Waals surface area contributed by atoms with Crippen LogP contribution in [0, 0.1) is 0 Å². The SMILES string of the molecule is COc1cc(-c2cc(=O)c3c(O)cc(O[C@@H]4O[C@H](CO)[C@@H](O)[C@H](O)[C@H]4O)c(OC)c3o2)ccc1O. The number of phenols is 2. The molecule has 12 nitrogen and oxygen atoms in total. The van der Waals surface area contributed by atoms with E-state index < -0.39 is 48.5 Å². The predicted molar refractivity (Wildman–Crippen MR) is 119 cm³/mol. The van der Waals surface area contributed by atoms with Gasteiger partial charge < -0.3 is 54.0 Å². The molecule has 0 bridgehead atoms. The van der Waals surface area contributed by atoms with Gasteiger partial charge in [0.1, 0.15) is 41.3 Å². The van der Waals surface area contributed by atoms with Crippen LogP contribution in [0.2, 0.25) is 0 Å². The highest BCUT2D eigenvalue weighted by atomic mass is 16.7. The highest BCUT2D eigenvalue weighted by molar-refractivity contribution is 5.91. The Hall–Kier alpha value is -3.55. The minimum absolute atomic E-state index is 0.0588. The summed E-state index contributed by atoms with van der Waals surface area (Å²) in [6, 6.07) is 6.47. The molecular formula is C23H24O12. The first kappa shape index (κ1) is 24.6. The molecule has 1 aliphatic rings. The minimum atomic E-state index is -1.72. The first-order chi connectivity index (χ1) is 16.7. The van der Waals surface area contributed by atoms with Gasteiger partial charge in [0.2, 0.25) is 12.0 Å². The Morgan fingerprint density at radius 2 is 1.66 bits per heavy atom. The molecule has 1 aromatic heterocycles. The number of phenolic OH excluding ortho intramolecular Hbond substituents is 2. The molecular weight excluding hydrogens is 468 g/mol. The number of aliphatic hydroxyl groups is 4. The van der Waals surface area contributed by atoms with E-state index in [2.05, 4.69) is 0 Å². The van der Waals surface area contributed by atoms with Crippen molar-refractivity contribution in [2.45, 2.75) is 30.7 Å². The maximum Gasteiger partial charge on any atom is 0.229 e. The lowest BCUT2D eigenvalue weighted by Gasteiger charge is -2.39. The fraction of sp³-hybridized carbons (Fsp3) is 0.348. The van der Waals surface area contributed by atoms with Gasteiger partial charge in [-0.25, -0.2) is 0 Å². The zero-order valence-corrected chi connectivity index (χ0v) is 18.6. The Balaban J connectivity index is 1.82. The third-order valence-electron chi connectivity index (χ3n) is 5.66. The average Bonchev–Trinajstić information content (AvgIpc) is 2.84. The second-order valence-corrected chi connectivity index (χ2v) is 7.81. The summed E-state index contributed by atoms with van der Waals surface area (Å²) >= 11 is 0. The Kier molecular flexibility index (Phi) is 6.74. The van der Waals surface area contributed by atoms with Gasteiger partial charge >= 0.3 is 0 Å². The lowest BCUT2D eigenvalue weighted by Crippen LogP contribution is -2.60. The molecule has 1 saturated heterocycles. The van der Waals surface area contributed by atoms with Gasteiger partial charge in [-0.05, 0) is 18.2 Å². The van der Waals surface area contributed by atoms with E-state index in [1.54, 1.807) is 0 Å². The Morgan fingerprint density at radius 3 is 2.31 bits per heavy atom. The standard InChI is InChI=1S/C23H24O12/c1-31-14-5-9(3-4-10(14)25)13-6-11(26)17-12(27)7-15(21(32-2)22(17)33-13)34-23-20(30)19(29)18(28)16(8-24)35-23/h3-7,16,18-20,23-25,27-30H,8H2,1-2H3/t16-,18-,19+,20-,23-/m1/s1. The molecule has 4 rings (SSSR count). The number of hydrogen-bond acceptors (Lipinski definition) is 12. The van der Waals surface area contributed by atoms with E-state index in [1.165, 1.54) is 32.4 Å². The summed E-state index contributed by atoms with van der Waals surface area (Å²) in [4.78, 5) is 12.8. The van der Waals surface area contributed by atoms with Gasteiger partial charge in [-0.2, -0.15) is 0 Å². The Labute approximate surface area is 197 Å². The molecule has 0 spiro atoms. The molecule has 0 amide bonds. The number of aromatic hydroxyl groups is 2. The van der Waals surface area contributed by atoms with Crippen molar-refractivity contribution in [1.82, 2.24) is 0 Å². The number of fused-ring (bicyclic) bond motifs is 1. The molecule has 2 aromatic carbocycles. The Bertz CT molecular complexity index is 1280. The van der Waals surface area contributed by atoms with Crippen molar-refractivity contribution in [2.24, 2.45) is 0 Å². The fourth-order valence-electron chi connectivity index (χ4n) is 3.81. The smallest absolute Gasteiger partial charge is 0.229 e. The zero-order valence-electron chi connectivity index (χ0n) is 18.6. The summed E-state index contributed by atoms with van der Waals surface area (Å²) < 4.78 is 27.3. The molecule has 1 fully saturated rings. The largest absolute Gasteiger partial charge is 0.507 e. The van der Waals surface area contributed by atoms with Crippen LogP contribution < -0.4 is 19.6 Å². The van der Waals surface area contributed by atoms with Gasteiger partial charge in [-0.15, -0.1) is 0 Å². The van der Waals surface area contributed by atoms with E-state index in [1.807, 2.05) is 0 Å². The van der Waals surface area contributed by atoms with Crippen molar-refractivity contribution in [3.63, 3.8) is 0 Å². The number of ether oxygens (including phenoxy) is 4.